The summed E-state index contributed by atoms with van der Waals surface area (Å²) in [6.07, 6.45) is -0.00449. The van der Waals surface area contributed by atoms with Crippen LogP contribution in [0.2, 0.25) is 0 Å². The summed E-state index contributed by atoms with van der Waals surface area (Å²) in [4.78, 5) is 21.0. The molecule has 1 amide bonds. The second-order valence-corrected chi connectivity index (χ2v) is 2.31. The Bertz CT molecular complexity index is 251. The van der Waals surface area contributed by atoms with E-state index in [1.807, 2.05) is 0 Å². The monoisotopic (exact) mass is 185 g/mol. The van der Waals surface area contributed by atoms with Crippen LogP contribution in [0.25, 0.3) is 0 Å². The van der Waals surface area contributed by atoms with Gasteiger partial charge in [-0.2, -0.15) is 0 Å². The zero-order chi connectivity index (χ0) is 10.3. The van der Waals surface area contributed by atoms with Gasteiger partial charge in [0.2, 0.25) is 5.91 Å². The van der Waals surface area contributed by atoms with E-state index in [1.54, 1.807) is 0 Å². The van der Waals surface area contributed by atoms with Gasteiger partial charge >= 0.3 is 5.97 Å². The van der Waals surface area contributed by atoms with Crippen LogP contribution in [0.3, 0.4) is 0 Å². The molecule has 0 aliphatic rings. The normalized spacial score (nSPS) is 10.9. The predicted octanol–water partition coefficient (Wildman–Crippen LogP) is -1.04. The highest BCUT2D eigenvalue weighted by atomic mass is 16.4. The number of carboxylic acids is 1. The molecule has 0 aromatic heterocycles. The van der Waals surface area contributed by atoms with Gasteiger partial charge in [0.05, 0.1) is 0 Å². The van der Waals surface area contributed by atoms with Crippen molar-refractivity contribution >= 4 is 11.9 Å². The van der Waals surface area contributed by atoms with Crippen molar-refractivity contribution in [3.8, 4) is 11.8 Å². The van der Waals surface area contributed by atoms with Gasteiger partial charge in [0, 0.05) is 13.3 Å². The Morgan fingerprint density at radius 3 is 2.46 bits per heavy atom. The summed E-state index contributed by atoms with van der Waals surface area (Å²) in [6, 6.07) is -1.00. The quantitative estimate of drug-likeness (QED) is 0.490. The van der Waals surface area contributed by atoms with Crippen LogP contribution in [-0.2, 0) is 9.59 Å². The van der Waals surface area contributed by atoms with E-state index in [1.165, 1.54) is 6.92 Å². The van der Waals surface area contributed by atoms with Crippen molar-refractivity contribution in [3.63, 3.8) is 0 Å². The van der Waals surface area contributed by atoms with Gasteiger partial charge in [-0.3, -0.25) is 4.79 Å². The number of hydrogen-bond acceptors (Lipinski definition) is 3. The summed E-state index contributed by atoms with van der Waals surface area (Å²) in [5, 5.41) is 19.1. The largest absolute Gasteiger partial charge is 0.480 e. The number of aliphatic hydroxyl groups excluding tert-OH is 1. The molecule has 0 saturated heterocycles. The molecule has 0 unspecified atom stereocenters. The van der Waals surface area contributed by atoms with Gasteiger partial charge < -0.3 is 15.5 Å². The van der Waals surface area contributed by atoms with E-state index in [9.17, 15) is 9.59 Å². The molecule has 3 N–H and O–H groups in total. The van der Waals surface area contributed by atoms with Gasteiger partial charge in [0.1, 0.15) is 12.6 Å². The van der Waals surface area contributed by atoms with Crippen LogP contribution in [0.4, 0.5) is 0 Å². The fourth-order valence-corrected chi connectivity index (χ4v) is 0.676. The molecule has 0 saturated carbocycles. The standard InChI is InChI=1S/C8H11NO4/c1-6(11)9-7(8(12)13)4-2-3-5-10/h7,10H,4-5H2,1H3,(H,9,11)(H,12,13)/t7-/m1/s1. The molecule has 13 heavy (non-hydrogen) atoms. The second kappa shape index (κ2) is 6.03. The Labute approximate surface area is 75.8 Å². The molecule has 72 valence electrons. The number of amides is 1. The van der Waals surface area contributed by atoms with E-state index in [4.69, 9.17) is 10.2 Å². The second-order valence-electron chi connectivity index (χ2n) is 2.31. The third-order valence-electron chi connectivity index (χ3n) is 1.19. The minimum Gasteiger partial charge on any atom is -0.480 e. The molecule has 0 heterocycles. The number of aliphatic hydroxyl groups is 1. The summed E-state index contributed by atoms with van der Waals surface area (Å²) in [5.41, 5.74) is 0. The molecule has 0 aliphatic heterocycles. The van der Waals surface area contributed by atoms with E-state index < -0.39 is 17.9 Å². The van der Waals surface area contributed by atoms with Crippen LogP contribution in [0, 0.1) is 11.8 Å². The minimum absolute atomic E-state index is 0.00449. The van der Waals surface area contributed by atoms with E-state index in [0.29, 0.717) is 0 Å². The highest BCUT2D eigenvalue weighted by Gasteiger charge is 2.16. The van der Waals surface area contributed by atoms with E-state index in [0.717, 1.165) is 0 Å². The van der Waals surface area contributed by atoms with Crippen molar-refractivity contribution in [3.05, 3.63) is 0 Å². The topological polar surface area (TPSA) is 86.6 Å². The lowest BCUT2D eigenvalue weighted by Gasteiger charge is -2.08. The van der Waals surface area contributed by atoms with E-state index in [2.05, 4.69) is 17.2 Å². The molecule has 0 rings (SSSR count). The van der Waals surface area contributed by atoms with Crippen LogP contribution in [-0.4, -0.2) is 34.7 Å². The van der Waals surface area contributed by atoms with Crippen LogP contribution >= 0.6 is 0 Å². The molecule has 5 nitrogen and oxygen atoms in total. The maximum Gasteiger partial charge on any atom is 0.327 e. The van der Waals surface area contributed by atoms with E-state index >= 15 is 0 Å². The first-order chi connectivity index (χ1) is 6.07. The Morgan fingerprint density at radius 2 is 2.08 bits per heavy atom. The molecule has 0 fully saturated rings. The zero-order valence-electron chi connectivity index (χ0n) is 7.20. The van der Waals surface area contributed by atoms with Crippen molar-refractivity contribution in [1.82, 2.24) is 5.32 Å². The Balaban J connectivity index is 4.10. The fourth-order valence-electron chi connectivity index (χ4n) is 0.676. The molecule has 1 atom stereocenters. The number of rotatable bonds is 3. The summed E-state index contributed by atoms with van der Waals surface area (Å²) in [5.74, 6) is 3.17. The summed E-state index contributed by atoms with van der Waals surface area (Å²) in [6.45, 7) is 0.918. The number of aliphatic carboxylic acids is 1. The number of hydrogen-bond donors (Lipinski definition) is 3. The van der Waals surface area contributed by atoms with E-state index in [-0.39, 0.29) is 13.0 Å². The molecule has 0 aliphatic carbocycles. The summed E-state index contributed by atoms with van der Waals surface area (Å²) in [7, 11) is 0. The molecule has 0 radical (unpaired) electrons. The number of carbonyl (C=O) groups is 2. The van der Waals surface area contributed by atoms with Crippen LogP contribution in [0.1, 0.15) is 13.3 Å². The zero-order valence-corrected chi connectivity index (χ0v) is 7.20. The lowest BCUT2D eigenvalue weighted by atomic mass is 10.2. The lowest BCUT2D eigenvalue weighted by Crippen LogP contribution is -2.39. The van der Waals surface area contributed by atoms with Gasteiger partial charge in [0.15, 0.2) is 0 Å². The van der Waals surface area contributed by atoms with Gasteiger partial charge in [-0.15, -0.1) is 0 Å². The smallest absolute Gasteiger partial charge is 0.327 e. The van der Waals surface area contributed by atoms with Crippen molar-refractivity contribution in [1.29, 1.82) is 0 Å². The Kier molecular flexibility index (Phi) is 5.32. The Morgan fingerprint density at radius 1 is 1.46 bits per heavy atom. The maximum absolute atomic E-state index is 10.5. The van der Waals surface area contributed by atoms with Crippen LogP contribution in [0.15, 0.2) is 0 Å². The molecule has 0 spiro atoms. The van der Waals surface area contributed by atoms with Crippen molar-refractivity contribution < 1.29 is 19.8 Å². The number of carbonyl (C=O) groups excluding carboxylic acids is 1. The van der Waals surface area contributed by atoms with Crippen LogP contribution < -0.4 is 5.32 Å². The third kappa shape index (κ3) is 5.70. The minimum atomic E-state index is -1.14. The molecule has 0 aromatic rings. The number of carboxylic acid groups (broad SMARTS) is 1. The Hall–Kier alpha value is -1.54. The van der Waals surface area contributed by atoms with Crippen molar-refractivity contribution in [2.75, 3.05) is 6.61 Å². The highest BCUT2D eigenvalue weighted by molar-refractivity contribution is 5.82. The molecule has 5 heteroatoms. The van der Waals surface area contributed by atoms with Gasteiger partial charge in [0.25, 0.3) is 0 Å². The maximum atomic E-state index is 10.5. The first kappa shape index (κ1) is 11.5. The predicted molar refractivity (Wildman–Crippen MR) is 44.7 cm³/mol. The molecule has 0 aromatic carbocycles. The van der Waals surface area contributed by atoms with Gasteiger partial charge in [-0.1, -0.05) is 11.8 Å². The van der Waals surface area contributed by atoms with Crippen LogP contribution in [0.5, 0.6) is 0 Å². The van der Waals surface area contributed by atoms with Crippen molar-refractivity contribution in [2.45, 2.75) is 19.4 Å². The molecular formula is C8H11NO4. The summed E-state index contributed by atoms with van der Waals surface area (Å²) < 4.78 is 0. The third-order valence-corrected chi connectivity index (χ3v) is 1.19. The molecule has 0 bridgehead atoms. The fraction of sp³-hybridized carbons (Fsp3) is 0.500. The van der Waals surface area contributed by atoms with Crippen molar-refractivity contribution in [2.24, 2.45) is 0 Å². The lowest BCUT2D eigenvalue weighted by molar-refractivity contribution is -0.141. The first-order valence-corrected chi connectivity index (χ1v) is 3.64. The highest BCUT2D eigenvalue weighted by Crippen LogP contribution is 1.90. The van der Waals surface area contributed by atoms with Gasteiger partial charge in [-0.25, -0.2) is 4.79 Å². The average Bonchev–Trinajstić information content (AvgIpc) is 2.02. The summed E-state index contributed by atoms with van der Waals surface area (Å²) >= 11 is 0. The average molecular weight is 185 g/mol. The SMILES string of the molecule is CC(=O)N[C@H](CC#CCO)C(=O)O. The van der Waals surface area contributed by atoms with Gasteiger partial charge in [-0.05, 0) is 0 Å². The number of nitrogens with one attached hydrogen (secondary N) is 1. The molecular weight excluding hydrogens is 174 g/mol. The first-order valence-electron chi connectivity index (χ1n) is 3.64.